The van der Waals surface area contributed by atoms with Crippen LogP contribution in [-0.4, -0.2) is 16.2 Å². The minimum absolute atomic E-state index is 0.282. The van der Waals surface area contributed by atoms with E-state index in [-0.39, 0.29) is 5.56 Å². The summed E-state index contributed by atoms with van der Waals surface area (Å²) in [6, 6.07) is 6.68. The predicted molar refractivity (Wildman–Crippen MR) is 68.3 cm³/mol. The van der Waals surface area contributed by atoms with Gasteiger partial charge in [-0.25, -0.2) is 4.79 Å². The van der Waals surface area contributed by atoms with E-state index in [1.807, 2.05) is 26.0 Å². The lowest BCUT2D eigenvalue weighted by atomic mass is 10.1. The van der Waals surface area contributed by atoms with Crippen molar-refractivity contribution in [2.24, 2.45) is 0 Å². The van der Waals surface area contributed by atoms with Gasteiger partial charge < -0.3 is 9.63 Å². The first-order valence-electron chi connectivity index (χ1n) is 5.52. The number of hydrogen-bond donors (Lipinski definition) is 1. The molecular weight excluding hydrogens is 230 g/mol. The fourth-order valence-corrected chi connectivity index (χ4v) is 1.64. The quantitative estimate of drug-likeness (QED) is 0.899. The number of aryl methyl sites for hydroxylation is 2. The second-order valence-electron chi connectivity index (χ2n) is 4.00. The number of aromatic nitrogens is 1. The minimum Gasteiger partial charge on any atom is -0.478 e. The Kier molecular flexibility index (Phi) is 3.28. The van der Waals surface area contributed by atoms with Gasteiger partial charge in [0, 0.05) is 5.56 Å². The Balaban J connectivity index is 2.21. The number of aromatic carboxylic acids is 1. The molecule has 2 aromatic rings. The van der Waals surface area contributed by atoms with E-state index in [0.29, 0.717) is 0 Å². The van der Waals surface area contributed by atoms with Gasteiger partial charge in [0.05, 0.1) is 11.3 Å². The van der Waals surface area contributed by atoms with Gasteiger partial charge in [-0.05, 0) is 37.6 Å². The number of carboxylic acids is 1. The molecule has 0 amide bonds. The van der Waals surface area contributed by atoms with Crippen molar-refractivity contribution < 1.29 is 14.4 Å². The lowest BCUT2D eigenvalue weighted by Gasteiger charge is -1.96. The highest BCUT2D eigenvalue weighted by Crippen LogP contribution is 2.16. The van der Waals surface area contributed by atoms with E-state index >= 15 is 0 Å². The van der Waals surface area contributed by atoms with Crippen molar-refractivity contribution in [1.29, 1.82) is 0 Å². The van der Waals surface area contributed by atoms with Gasteiger partial charge in [-0.2, -0.15) is 0 Å². The fourth-order valence-electron chi connectivity index (χ4n) is 1.64. The molecule has 0 bridgehead atoms. The Morgan fingerprint density at radius 3 is 2.39 bits per heavy atom. The second kappa shape index (κ2) is 4.87. The third kappa shape index (κ3) is 2.48. The number of benzene rings is 1. The largest absolute Gasteiger partial charge is 0.478 e. The second-order valence-corrected chi connectivity index (χ2v) is 4.00. The van der Waals surface area contributed by atoms with E-state index in [1.165, 1.54) is 0 Å². The molecule has 2 rings (SSSR count). The first-order chi connectivity index (χ1) is 8.58. The molecule has 1 N–H and O–H groups in total. The summed E-state index contributed by atoms with van der Waals surface area (Å²) >= 11 is 0. The Morgan fingerprint density at radius 1 is 1.22 bits per heavy atom. The molecule has 0 aliphatic rings. The van der Waals surface area contributed by atoms with Crippen molar-refractivity contribution in [3.05, 3.63) is 52.4 Å². The predicted octanol–water partition coefficient (Wildman–Crippen LogP) is 3.16. The van der Waals surface area contributed by atoms with Crippen LogP contribution in [0.5, 0.6) is 0 Å². The van der Waals surface area contributed by atoms with Gasteiger partial charge >= 0.3 is 5.97 Å². The van der Waals surface area contributed by atoms with Crippen LogP contribution in [0.4, 0.5) is 0 Å². The number of carbonyl (C=O) groups is 1. The molecule has 0 aliphatic carbocycles. The molecule has 0 spiro atoms. The van der Waals surface area contributed by atoms with Crippen LogP contribution in [0.15, 0.2) is 28.8 Å². The molecule has 0 saturated heterocycles. The maximum absolute atomic E-state index is 10.7. The molecule has 1 aromatic carbocycles. The highest BCUT2D eigenvalue weighted by molar-refractivity contribution is 5.88. The van der Waals surface area contributed by atoms with E-state index in [2.05, 4.69) is 5.16 Å². The van der Waals surface area contributed by atoms with E-state index in [4.69, 9.17) is 9.63 Å². The van der Waals surface area contributed by atoms with E-state index in [1.54, 1.807) is 24.3 Å². The van der Waals surface area contributed by atoms with Crippen LogP contribution in [0.1, 0.15) is 32.9 Å². The molecule has 0 radical (unpaired) electrons. The van der Waals surface area contributed by atoms with E-state index in [0.717, 1.165) is 22.6 Å². The Morgan fingerprint density at radius 2 is 1.89 bits per heavy atom. The first kappa shape index (κ1) is 12.1. The molecule has 0 fully saturated rings. The van der Waals surface area contributed by atoms with Gasteiger partial charge in [-0.1, -0.05) is 23.4 Å². The van der Waals surface area contributed by atoms with Crippen LogP contribution < -0.4 is 0 Å². The van der Waals surface area contributed by atoms with Crippen LogP contribution >= 0.6 is 0 Å². The highest BCUT2D eigenvalue weighted by atomic mass is 16.5. The summed E-state index contributed by atoms with van der Waals surface area (Å²) in [5.74, 6) is -0.151. The smallest absolute Gasteiger partial charge is 0.335 e. The molecule has 1 aromatic heterocycles. The van der Waals surface area contributed by atoms with Crippen molar-refractivity contribution in [3.63, 3.8) is 0 Å². The number of nitrogens with zero attached hydrogens (tertiary/aromatic N) is 1. The van der Waals surface area contributed by atoms with Gasteiger partial charge in [0.1, 0.15) is 5.76 Å². The summed E-state index contributed by atoms with van der Waals surface area (Å²) in [4.78, 5) is 10.7. The molecule has 4 nitrogen and oxygen atoms in total. The fraction of sp³-hybridized carbons (Fsp3) is 0.143. The van der Waals surface area contributed by atoms with Crippen LogP contribution in [-0.2, 0) is 0 Å². The summed E-state index contributed by atoms with van der Waals surface area (Å²) in [5.41, 5.74) is 3.01. The third-order valence-electron chi connectivity index (χ3n) is 2.69. The van der Waals surface area contributed by atoms with Gasteiger partial charge in [-0.3, -0.25) is 0 Å². The van der Waals surface area contributed by atoms with Crippen molar-refractivity contribution in [2.75, 3.05) is 0 Å². The van der Waals surface area contributed by atoms with Gasteiger partial charge in [0.25, 0.3) is 0 Å². The summed E-state index contributed by atoms with van der Waals surface area (Å²) in [6.45, 7) is 3.73. The normalized spacial score (nSPS) is 11.0. The molecule has 92 valence electrons. The average molecular weight is 243 g/mol. The summed E-state index contributed by atoms with van der Waals surface area (Å²) < 4.78 is 5.06. The number of rotatable bonds is 3. The summed E-state index contributed by atoms with van der Waals surface area (Å²) in [7, 11) is 0. The van der Waals surface area contributed by atoms with E-state index in [9.17, 15) is 4.79 Å². The Bertz CT molecular complexity index is 575. The van der Waals surface area contributed by atoms with Gasteiger partial charge in [0.15, 0.2) is 0 Å². The highest BCUT2D eigenvalue weighted by Gasteiger charge is 2.05. The minimum atomic E-state index is -0.920. The molecule has 0 aliphatic heterocycles. The molecule has 0 unspecified atom stereocenters. The van der Waals surface area contributed by atoms with Gasteiger partial charge in [0.2, 0.25) is 0 Å². The van der Waals surface area contributed by atoms with Crippen molar-refractivity contribution in [3.8, 4) is 0 Å². The molecule has 18 heavy (non-hydrogen) atoms. The first-order valence-corrected chi connectivity index (χ1v) is 5.52. The molecule has 0 atom stereocenters. The topological polar surface area (TPSA) is 63.3 Å². The van der Waals surface area contributed by atoms with Crippen molar-refractivity contribution in [1.82, 2.24) is 5.16 Å². The lowest BCUT2D eigenvalue weighted by molar-refractivity contribution is 0.0697. The summed E-state index contributed by atoms with van der Waals surface area (Å²) in [6.07, 6.45) is 3.81. The van der Waals surface area contributed by atoms with Crippen molar-refractivity contribution >= 4 is 18.1 Å². The van der Waals surface area contributed by atoms with Crippen LogP contribution in [0.2, 0.25) is 0 Å². The zero-order valence-electron chi connectivity index (χ0n) is 10.2. The number of carboxylic acid groups (broad SMARTS) is 1. The summed E-state index contributed by atoms with van der Waals surface area (Å²) in [5, 5.41) is 12.7. The maximum atomic E-state index is 10.7. The van der Waals surface area contributed by atoms with Crippen LogP contribution in [0.25, 0.3) is 12.2 Å². The standard InChI is InChI=1S/C14H13NO3/c1-9-13(10(2)18-15-9)8-5-11-3-6-12(7-4-11)14(16)17/h3-8H,1-2H3,(H,16,17)/b8-5+. The maximum Gasteiger partial charge on any atom is 0.335 e. The number of hydrogen-bond acceptors (Lipinski definition) is 3. The molecule has 0 saturated carbocycles. The Hall–Kier alpha value is -2.36. The Labute approximate surface area is 105 Å². The van der Waals surface area contributed by atoms with Crippen LogP contribution in [0, 0.1) is 13.8 Å². The molecule has 1 heterocycles. The molecular formula is C14H13NO3. The van der Waals surface area contributed by atoms with E-state index < -0.39 is 5.97 Å². The van der Waals surface area contributed by atoms with Gasteiger partial charge in [-0.15, -0.1) is 0 Å². The molecule has 4 heteroatoms. The average Bonchev–Trinajstić information content (AvgIpc) is 2.67. The monoisotopic (exact) mass is 243 g/mol. The lowest BCUT2D eigenvalue weighted by Crippen LogP contribution is -1.94. The van der Waals surface area contributed by atoms with Crippen LogP contribution in [0.3, 0.4) is 0 Å². The third-order valence-corrected chi connectivity index (χ3v) is 2.69. The van der Waals surface area contributed by atoms with Crippen molar-refractivity contribution in [2.45, 2.75) is 13.8 Å². The zero-order chi connectivity index (χ0) is 13.1. The SMILES string of the molecule is Cc1noc(C)c1/C=C/c1ccc(C(=O)O)cc1. The zero-order valence-corrected chi connectivity index (χ0v) is 10.2.